The number of hydrogen-bond acceptors (Lipinski definition) is 3. The molecule has 0 N–H and O–H groups in total. The first-order chi connectivity index (χ1) is 11.8. The van der Waals surface area contributed by atoms with E-state index in [0.717, 1.165) is 36.3 Å². The van der Waals surface area contributed by atoms with Gasteiger partial charge in [-0.3, -0.25) is 14.3 Å². The van der Waals surface area contributed by atoms with Gasteiger partial charge in [0.15, 0.2) is 0 Å². The summed E-state index contributed by atoms with van der Waals surface area (Å²) in [4.78, 5) is 29.3. The van der Waals surface area contributed by atoms with Crippen molar-refractivity contribution in [2.45, 2.75) is 59.5 Å². The van der Waals surface area contributed by atoms with Crippen LogP contribution in [0, 0.1) is 25.7 Å². The quantitative estimate of drug-likeness (QED) is 0.792. The Hall–Kier alpha value is -1.85. The van der Waals surface area contributed by atoms with Crippen LogP contribution < -0.4 is 0 Å². The summed E-state index contributed by atoms with van der Waals surface area (Å²) in [5, 5.41) is 4.47. The van der Waals surface area contributed by atoms with Crippen LogP contribution in [0.5, 0.6) is 0 Å². The van der Waals surface area contributed by atoms with Crippen LogP contribution in [0.25, 0.3) is 0 Å². The van der Waals surface area contributed by atoms with E-state index in [9.17, 15) is 9.59 Å². The molecule has 0 spiro atoms. The Labute approximate surface area is 150 Å². The van der Waals surface area contributed by atoms with Gasteiger partial charge in [-0.25, -0.2) is 0 Å². The predicted molar refractivity (Wildman–Crippen MR) is 95.8 cm³/mol. The van der Waals surface area contributed by atoms with Gasteiger partial charge in [0.2, 0.25) is 11.8 Å². The normalized spacial score (nSPS) is 20.6. The Balaban J connectivity index is 1.73. The lowest BCUT2D eigenvalue weighted by Gasteiger charge is -2.26. The molecular weight excluding hydrogens is 316 g/mol. The SMILES string of the molecule is Cc1nn(C)c(C)c1CN(C(=O)[C@H]1CC(=O)N(CC(C)C)C1)C1CC1. The number of nitrogens with zero attached hydrogens (tertiary/aromatic N) is 4. The summed E-state index contributed by atoms with van der Waals surface area (Å²) in [6.45, 7) is 10.2. The molecule has 3 rings (SSSR count). The Bertz CT molecular complexity index is 675. The average Bonchev–Trinajstić information content (AvgIpc) is 3.26. The highest BCUT2D eigenvalue weighted by atomic mass is 16.2. The monoisotopic (exact) mass is 346 g/mol. The lowest BCUT2D eigenvalue weighted by atomic mass is 10.1. The van der Waals surface area contributed by atoms with Crippen LogP contribution in [0.3, 0.4) is 0 Å². The van der Waals surface area contributed by atoms with Gasteiger partial charge in [0.05, 0.1) is 11.6 Å². The maximum absolute atomic E-state index is 13.2. The summed E-state index contributed by atoms with van der Waals surface area (Å²) in [7, 11) is 1.94. The highest BCUT2D eigenvalue weighted by molar-refractivity contribution is 5.89. The maximum Gasteiger partial charge on any atom is 0.228 e. The Morgan fingerprint density at radius 3 is 2.52 bits per heavy atom. The van der Waals surface area contributed by atoms with E-state index in [0.29, 0.717) is 31.5 Å². The van der Waals surface area contributed by atoms with Crippen molar-refractivity contribution in [2.75, 3.05) is 13.1 Å². The van der Waals surface area contributed by atoms with Crippen molar-refractivity contribution in [1.29, 1.82) is 0 Å². The van der Waals surface area contributed by atoms with E-state index in [1.54, 1.807) is 0 Å². The molecule has 0 unspecified atom stereocenters. The molecule has 1 aromatic rings. The van der Waals surface area contributed by atoms with Crippen LogP contribution in [0.15, 0.2) is 0 Å². The minimum absolute atomic E-state index is 0.122. The number of aryl methyl sites for hydroxylation is 2. The summed E-state index contributed by atoms with van der Waals surface area (Å²) >= 11 is 0. The number of likely N-dealkylation sites (tertiary alicyclic amines) is 1. The zero-order chi connectivity index (χ0) is 18.3. The molecule has 0 aromatic carbocycles. The third kappa shape index (κ3) is 3.72. The molecule has 0 radical (unpaired) electrons. The first-order valence-electron chi connectivity index (χ1n) is 9.35. The minimum atomic E-state index is -0.191. The second-order valence-corrected chi connectivity index (χ2v) is 8.06. The number of carbonyl (C=O) groups excluding carboxylic acids is 2. The summed E-state index contributed by atoms with van der Waals surface area (Å²) in [5.74, 6) is 0.503. The molecule has 1 aliphatic heterocycles. The van der Waals surface area contributed by atoms with Crippen molar-refractivity contribution in [3.8, 4) is 0 Å². The van der Waals surface area contributed by atoms with E-state index in [-0.39, 0.29) is 17.7 Å². The highest BCUT2D eigenvalue weighted by Crippen LogP contribution is 2.33. The molecule has 6 heteroatoms. The van der Waals surface area contributed by atoms with Gasteiger partial charge >= 0.3 is 0 Å². The molecule has 138 valence electrons. The number of hydrogen-bond donors (Lipinski definition) is 0. The van der Waals surface area contributed by atoms with Gasteiger partial charge in [-0.1, -0.05) is 13.8 Å². The lowest BCUT2D eigenvalue weighted by Crippen LogP contribution is -2.39. The molecule has 0 bridgehead atoms. The van der Waals surface area contributed by atoms with Crippen LogP contribution in [0.1, 0.15) is 50.1 Å². The smallest absolute Gasteiger partial charge is 0.228 e. The summed E-state index contributed by atoms with van der Waals surface area (Å²) in [5.41, 5.74) is 3.24. The molecule has 1 atom stereocenters. The second-order valence-electron chi connectivity index (χ2n) is 8.06. The van der Waals surface area contributed by atoms with Crippen LogP contribution in [0.2, 0.25) is 0 Å². The fraction of sp³-hybridized carbons (Fsp3) is 0.737. The Morgan fingerprint density at radius 2 is 2.00 bits per heavy atom. The zero-order valence-electron chi connectivity index (χ0n) is 16.1. The third-order valence-corrected chi connectivity index (χ3v) is 5.41. The molecule has 1 aromatic heterocycles. The van der Waals surface area contributed by atoms with E-state index in [2.05, 4.69) is 18.9 Å². The van der Waals surface area contributed by atoms with Crippen LogP contribution >= 0.6 is 0 Å². The summed E-state index contributed by atoms with van der Waals surface area (Å²) < 4.78 is 1.88. The first-order valence-corrected chi connectivity index (χ1v) is 9.35. The van der Waals surface area contributed by atoms with Crippen molar-refractivity contribution in [2.24, 2.45) is 18.9 Å². The summed E-state index contributed by atoms with van der Waals surface area (Å²) in [6.07, 6.45) is 2.50. The van der Waals surface area contributed by atoms with Gasteiger partial charge in [0, 0.05) is 50.4 Å². The minimum Gasteiger partial charge on any atom is -0.342 e. The Kier molecular flexibility index (Phi) is 4.89. The average molecular weight is 346 g/mol. The van der Waals surface area contributed by atoms with Gasteiger partial charge in [-0.2, -0.15) is 5.10 Å². The van der Waals surface area contributed by atoms with Gasteiger partial charge in [-0.05, 0) is 32.6 Å². The largest absolute Gasteiger partial charge is 0.342 e. The molecule has 1 aliphatic carbocycles. The Morgan fingerprint density at radius 1 is 1.32 bits per heavy atom. The predicted octanol–water partition coefficient (Wildman–Crippen LogP) is 2.03. The van der Waals surface area contributed by atoms with E-state index in [4.69, 9.17) is 0 Å². The van der Waals surface area contributed by atoms with Crippen molar-refractivity contribution in [1.82, 2.24) is 19.6 Å². The van der Waals surface area contributed by atoms with Gasteiger partial charge in [0.25, 0.3) is 0 Å². The van der Waals surface area contributed by atoms with Gasteiger partial charge in [-0.15, -0.1) is 0 Å². The molecule has 2 aliphatic rings. The van der Waals surface area contributed by atoms with Crippen molar-refractivity contribution < 1.29 is 9.59 Å². The first kappa shape index (κ1) is 18.0. The fourth-order valence-corrected chi connectivity index (χ4v) is 3.78. The molecule has 1 saturated carbocycles. The molecule has 25 heavy (non-hydrogen) atoms. The van der Waals surface area contributed by atoms with Crippen LogP contribution in [-0.2, 0) is 23.2 Å². The molecule has 6 nitrogen and oxygen atoms in total. The van der Waals surface area contributed by atoms with Gasteiger partial charge < -0.3 is 9.80 Å². The van der Waals surface area contributed by atoms with Crippen LogP contribution in [-0.4, -0.2) is 50.5 Å². The molecule has 1 saturated heterocycles. The molecule has 2 heterocycles. The number of carbonyl (C=O) groups is 2. The van der Waals surface area contributed by atoms with Crippen molar-refractivity contribution in [3.63, 3.8) is 0 Å². The second kappa shape index (κ2) is 6.81. The topological polar surface area (TPSA) is 58.4 Å². The molecule has 2 amide bonds. The van der Waals surface area contributed by atoms with Gasteiger partial charge in [0.1, 0.15) is 0 Å². The summed E-state index contributed by atoms with van der Waals surface area (Å²) in [6, 6.07) is 0.334. The van der Waals surface area contributed by atoms with Crippen LogP contribution in [0.4, 0.5) is 0 Å². The number of aromatic nitrogens is 2. The maximum atomic E-state index is 13.2. The fourth-order valence-electron chi connectivity index (χ4n) is 3.78. The molecule has 2 fully saturated rings. The van der Waals surface area contributed by atoms with E-state index in [1.165, 1.54) is 0 Å². The molecular formula is C19H30N4O2. The zero-order valence-corrected chi connectivity index (χ0v) is 16.1. The number of amides is 2. The number of rotatable bonds is 6. The van der Waals surface area contributed by atoms with E-state index < -0.39 is 0 Å². The van der Waals surface area contributed by atoms with Crippen molar-refractivity contribution in [3.05, 3.63) is 17.0 Å². The van der Waals surface area contributed by atoms with E-state index >= 15 is 0 Å². The highest BCUT2D eigenvalue weighted by Gasteiger charge is 2.41. The lowest BCUT2D eigenvalue weighted by molar-refractivity contribution is -0.137. The van der Waals surface area contributed by atoms with Crippen molar-refractivity contribution >= 4 is 11.8 Å². The van der Waals surface area contributed by atoms with E-state index in [1.807, 2.05) is 35.4 Å². The third-order valence-electron chi connectivity index (χ3n) is 5.41. The standard InChI is InChI=1S/C19H30N4O2/c1-12(2)9-22-10-15(8-18(22)24)19(25)23(16-6-7-16)11-17-13(3)20-21(5)14(17)4/h12,15-16H,6-11H2,1-5H3/t15-/m0/s1.